The zero-order valence-electron chi connectivity index (χ0n) is 10.2. The number of carbonyl (C=O) groups excluding carboxylic acids is 2. The van der Waals surface area contributed by atoms with Crippen LogP contribution >= 0.6 is 0 Å². The lowest BCUT2D eigenvalue weighted by atomic mass is 9.91. The highest BCUT2D eigenvalue weighted by Gasteiger charge is 2.31. The second kappa shape index (κ2) is 5.87. The Morgan fingerprint density at radius 1 is 1.56 bits per heavy atom. The van der Waals surface area contributed by atoms with E-state index in [4.69, 9.17) is 5.73 Å². The number of piperidine rings is 1. The smallest absolute Gasteiger partial charge is 0.240 e. The Bertz CT molecular complexity index is 266. The fourth-order valence-electron chi connectivity index (χ4n) is 2.47. The van der Waals surface area contributed by atoms with Gasteiger partial charge in [-0.3, -0.25) is 9.59 Å². The third-order valence-electron chi connectivity index (χ3n) is 3.35. The number of primary amides is 1. The lowest BCUT2D eigenvalue weighted by Gasteiger charge is -2.35. The van der Waals surface area contributed by atoms with Crippen LogP contribution in [0.4, 0.5) is 0 Å². The predicted molar refractivity (Wildman–Crippen MR) is 62.6 cm³/mol. The highest BCUT2D eigenvalue weighted by Crippen LogP contribution is 2.24. The van der Waals surface area contributed by atoms with Crippen molar-refractivity contribution in [2.24, 2.45) is 11.7 Å². The molecule has 1 rings (SSSR count). The molecule has 0 aromatic rings. The Morgan fingerprint density at radius 3 is 2.69 bits per heavy atom. The van der Waals surface area contributed by atoms with Crippen LogP contribution < -0.4 is 5.73 Å². The van der Waals surface area contributed by atoms with Crippen LogP contribution in [0.5, 0.6) is 0 Å². The van der Waals surface area contributed by atoms with E-state index in [0.717, 1.165) is 19.3 Å². The van der Waals surface area contributed by atoms with Crippen molar-refractivity contribution in [2.45, 2.75) is 52.0 Å². The molecule has 0 aliphatic carbocycles. The number of hydrogen-bond donors (Lipinski definition) is 1. The largest absolute Gasteiger partial charge is 0.368 e. The molecule has 0 saturated carbocycles. The number of nitrogens with two attached hydrogens (primary N) is 1. The summed E-state index contributed by atoms with van der Waals surface area (Å²) >= 11 is 0. The summed E-state index contributed by atoms with van der Waals surface area (Å²) in [5.74, 6) is 0.208. The zero-order valence-corrected chi connectivity index (χ0v) is 10.2. The number of hydrogen-bond acceptors (Lipinski definition) is 2. The van der Waals surface area contributed by atoms with Gasteiger partial charge in [-0.05, 0) is 18.8 Å². The number of likely N-dealkylation sites (tertiary alicyclic amines) is 1. The Balaban J connectivity index is 2.59. The summed E-state index contributed by atoms with van der Waals surface area (Å²) in [4.78, 5) is 24.8. The maximum absolute atomic E-state index is 11.9. The summed E-state index contributed by atoms with van der Waals surface area (Å²) in [5, 5.41) is 0. The minimum atomic E-state index is -0.407. The molecule has 2 unspecified atom stereocenters. The molecule has 1 heterocycles. The standard InChI is InChI=1S/C12H22N2O2/c1-3-5-9-6-7-14(11(15)8-9)10(4-2)12(13)16/h9-10H,3-8H2,1-2H3,(H2,13,16). The molecule has 92 valence electrons. The molecule has 2 N–H and O–H groups in total. The fourth-order valence-corrected chi connectivity index (χ4v) is 2.47. The molecule has 0 radical (unpaired) electrons. The van der Waals surface area contributed by atoms with E-state index in [2.05, 4.69) is 6.92 Å². The van der Waals surface area contributed by atoms with Crippen LogP contribution in [0.2, 0.25) is 0 Å². The van der Waals surface area contributed by atoms with Gasteiger partial charge in [-0.25, -0.2) is 0 Å². The van der Waals surface area contributed by atoms with Gasteiger partial charge in [0.15, 0.2) is 0 Å². The SMILES string of the molecule is CCCC1CCN(C(CC)C(N)=O)C(=O)C1. The van der Waals surface area contributed by atoms with Crippen molar-refractivity contribution in [2.75, 3.05) is 6.54 Å². The van der Waals surface area contributed by atoms with Crippen LogP contribution in [0, 0.1) is 5.92 Å². The maximum atomic E-state index is 11.9. The van der Waals surface area contributed by atoms with Gasteiger partial charge < -0.3 is 10.6 Å². The third kappa shape index (κ3) is 2.97. The molecule has 1 aliphatic rings. The van der Waals surface area contributed by atoms with Gasteiger partial charge in [-0.15, -0.1) is 0 Å². The van der Waals surface area contributed by atoms with Gasteiger partial charge in [0.1, 0.15) is 6.04 Å². The molecule has 0 aromatic carbocycles. The van der Waals surface area contributed by atoms with E-state index in [9.17, 15) is 9.59 Å². The van der Waals surface area contributed by atoms with Crippen LogP contribution in [-0.2, 0) is 9.59 Å². The van der Waals surface area contributed by atoms with Gasteiger partial charge in [0.05, 0.1) is 0 Å². The van der Waals surface area contributed by atoms with Crippen molar-refractivity contribution in [3.05, 3.63) is 0 Å². The van der Waals surface area contributed by atoms with Crippen molar-refractivity contribution < 1.29 is 9.59 Å². The minimum Gasteiger partial charge on any atom is -0.368 e. The van der Waals surface area contributed by atoms with E-state index < -0.39 is 6.04 Å². The first-order chi connectivity index (χ1) is 7.60. The lowest BCUT2D eigenvalue weighted by molar-refractivity contribution is -0.143. The molecular weight excluding hydrogens is 204 g/mol. The normalized spacial score (nSPS) is 23.2. The maximum Gasteiger partial charge on any atom is 0.240 e. The van der Waals surface area contributed by atoms with Gasteiger partial charge in [0, 0.05) is 13.0 Å². The van der Waals surface area contributed by atoms with E-state index in [1.54, 1.807) is 4.90 Å². The molecule has 0 aromatic heterocycles. The first-order valence-corrected chi connectivity index (χ1v) is 6.18. The van der Waals surface area contributed by atoms with E-state index in [0.29, 0.717) is 25.3 Å². The van der Waals surface area contributed by atoms with E-state index in [1.807, 2.05) is 6.92 Å². The summed E-state index contributed by atoms with van der Waals surface area (Å²) in [5.41, 5.74) is 5.30. The molecular formula is C12H22N2O2. The van der Waals surface area contributed by atoms with Gasteiger partial charge in [0.25, 0.3) is 0 Å². The molecule has 0 bridgehead atoms. The summed E-state index contributed by atoms with van der Waals surface area (Å²) in [6.45, 7) is 4.71. The van der Waals surface area contributed by atoms with Crippen LogP contribution in [0.1, 0.15) is 46.0 Å². The molecule has 4 nitrogen and oxygen atoms in total. The summed E-state index contributed by atoms with van der Waals surface area (Å²) < 4.78 is 0. The van der Waals surface area contributed by atoms with Gasteiger partial charge >= 0.3 is 0 Å². The summed E-state index contributed by atoms with van der Waals surface area (Å²) in [6, 6.07) is -0.407. The van der Waals surface area contributed by atoms with Crippen molar-refractivity contribution in [3.8, 4) is 0 Å². The van der Waals surface area contributed by atoms with Crippen molar-refractivity contribution in [1.29, 1.82) is 0 Å². The molecule has 4 heteroatoms. The number of carbonyl (C=O) groups is 2. The van der Waals surface area contributed by atoms with Crippen LogP contribution in [0.25, 0.3) is 0 Å². The minimum absolute atomic E-state index is 0.0929. The average molecular weight is 226 g/mol. The Kier molecular flexibility index (Phi) is 4.77. The van der Waals surface area contributed by atoms with Crippen LogP contribution in [-0.4, -0.2) is 29.3 Å². The third-order valence-corrected chi connectivity index (χ3v) is 3.35. The molecule has 1 fully saturated rings. The summed E-state index contributed by atoms with van der Waals surface area (Å²) in [7, 11) is 0. The van der Waals surface area contributed by atoms with Crippen molar-refractivity contribution >= 4 is 11.8 Å². The zero-order chi connectivity index (χ0) is 12.1. The van der Waals surface area contributed by atoms with E-state index >= 15 is 0 Å². The van der Waals surface area contributed by atoms with Gasteiger partial charge in [-0.1, -0.05) is 26.7 Å². The van der Waals surface area contributed by atoms with E-state index in [1.165, 1.54) is 0 Å². The number of nitrogens with zero attached hydrogens (tertiary/aromatic N) is 1. The molecule has 2 atom stereocenters. The number of amides is 2. The van der Waals surface area contributed by atoms with Crippen LogP contribution in [0.3, 0.4) is 0 Å². The Morgan fingerprint density at radius 2 is 2.25 bits per heavy atom. The fraction of sp³-hybridized carbons (Fsp3) is 0.833. The molecule has 1 aliphatic heterocycles. The second-order valence-electron chi connectivity index (χ2n) is 4.56. The lowest BCUT2D eigenvalue weighted by Crippen LogP contribution is -2.50. The predicted octanol–water partition coefficient (Wildman–Crippen LogP) is 1.29. The molecule has 16 heavy (non-hydrogen) atoms. The molecule has 0 spiro atoms. The topological polar surface area (TPSA) is 63.4 Å². The van der Waals surface area contributed by atoms with Gasteiger partial charge in [0.2, 0.25) is 11.8 Å². The Labute approximate surface area is 97.2 Å². The average Bonchev–Trinajstić information content (AvgIpc) is 2.22. The first-order valence-electron chi connectivity index (χ1n) is 6.18. The highest BCUT2D eigenvalue weighted by atomic mass is 16.2. The van der Waals surface area contributed by atoms with Crippen molar-refractivity contribution in [1.82, 2.24) is 4.90 Å². The van der Waals surface area contributed by atoms with Crippen LogP contribution in [0.15, 0.2) is 0 Å². The molecule has 1 saturated heterocycles. The van der Waals surface area contributed by atoms with Gasteiger partial charge in [-0.2, -0.15) is 0 Å². The van der Waals surface area contributed by atoms with Crippen molar-refractivity contribution in [3.63, 3.8) is 0 Å². The quantitative estimate of drug-likeness (QED) is 0.767. The second-order valence-corrected chi connectivity index (χ2v) is 4.56. The number of rotatable bonds is 5. The highest BCUT2D eigenvalue weighted by molar-refractivity contribution is 5.87. The summed E-state index contributed by atoms with van der Waals surface area (Å²) in [6.07, 6.45) is 4.42. The molecule has 2 amide bonds. The monoisotopic (exact) mass is 226 g/mol. The Hall–Kier alpha value is -1.06. The van der Waals surface area contributed by atoms with E-state index in [-0.39, 0.29) is 11.8 Å². The first kappa shape index (κ1) is 13.0.